The van der Waals surface area contributed by atoms with Gasteiger partial charge in [0.2, 0.25) is 0 Å². The van der Waals surface area contributed by atoms with Gasteiger partial charge in [-0.05, 0) is 5.92 Å². The van der Waals surface area contributed by atoms with Gasteiger partial charge in [-0.2, -0.15) is 0 Å². The molecule has 0 N–H and O–H groups in total. The Balaban J connectivity index is 3.58. The third-order valence-corrected chi connectivity index (χ3v) is 0.701. The second kappa shape index (κ2) is 7.17. The second-order valence-electron chi connectivity index (χ2n) is 1.49. The zero-order valence-corrected chi connectivity index (χ0v) is 6.20. The molecule has 0 aromatic heterocycles. The molecule has 0 atom stereocenters. The van der Waals surface area contributed by atoms with Crippen molar-refractivity contribution in [1.82, 2.24) is 0 Å². The summed E-state index contributed by atoms with van der Waals surface area (Å²) >= 11 is 0. The molecule has 0 unspecified atom stereocenters. The van der Waals surface area contributed by atoms with Crippen molar-refractivity contribution in [3.8, 4) is 24.2 Å². The molecule has 0 aliphatic heterocycles. The molecule has 0 amide bonds. The fraction of sp³-hybridized carbons (Fsp3) is 0.250. The predicted octanol–water partition coefficient (Wildman–Crippen LogP) is -0.661. The molecule has 4 nitrogen and oxygen atoms in total. The van der Waals surface area contributed by atoms with Gasteiger partial charge in [0.05, 0.1) is 0 Å². The van der Waals surface area contributed by atoms with E-state index in [9.17, 15) is 9.59 Å². The van der Waals surface area contributed by atoms with Crippen LogP contribution in [0.15, 0.2) is 0 Å². The Kier molecular flexibility index (Phi) is 6.01. The molecule has 0 aromatic rings. The van der Waals surface area contributed by atoms with Crippen LogP contribution >= 0.6 is 0 Å². The van der Waals surface area contributed by atoms with Gasteiger partial charge in [-0.1, -0.05) is 5.92 Å². The van der Waals surface area contributed by atoms with Gasteiger partial charge in [0, 0.05) is 5.92 Å². The quantitative estimate of drug-likeness (QED) is 0.183. The first kappa shape index (κ1) is 10.1. The van der Waals surface area contributed by atoms with Crippen LogP contribution in [0.4, 0.5) is 0 Å². The summed E-state index contributed by atoms with van der Waals surface area (Å²) in [6.45, 7) is -0.00183. The first-order valence-electron chi connectivity index (χ1n) is 2.95. The molecule has 0 aliphatic rings. The van der Waals surface area contributed by atoms with Crippen LogP contribution in [0.2, 0.25) is 0 Å². The van der Waals surface area contributed by atoms with Gasteiger partial charge in [-0.3, -0.25) is 4.79 Å². The van der Waals surface area contributed by atoms with E-state index in [2.05, 4.69) is 27.2 Å². The van der Waals surface area contributed by atoms with Crippen molar-refractivity contribution in [3.05, 3.63) is 0 Å². The van der Waals surface area contributed by atoms with Crippen molar-refractivity contribution in [1.29, 1.82) is 0 Å². The van der Waals surface area contributed by atoms with E-state index in [0.717, 1.165) is 0 Å². The number of rotatable bonds is 3. The zero-order valence-electron chi connectivity index (χ0n) is 6.20. The van der Waals surface area contributed by atoms with Gasteiger partial charge in [-0.25, -0.2) is 4.79 Å². The maximum absolute atomic E-state index is 10.5. The second-order valence-corrected chi connectivity index (χ2v) is 1.49. The zero-order chi connectivity index (χ0) is 9.23. The normalized spacial score (nSPS) is 6.92. The van der Waals surface area contributed by atoms with Crippen LogP contribution in [-0.2, 0) is 19.1 Å². The highest BCUT2D eigenvalue weighted by Gasteiger charge is 1.91. The Bertz CT molecular complexity index is 250. The minimum absolute atomic E-state index is 0.109. The van der Waals surface area contributed by atoms with Crippen LogP contribution in [0.25, 0.3) is 0 Å². The lowest BCUT2D eigenvalue weighted by atomic mass is 10.6. The Morgan fingerprint density at radius 3 is 2.83 bits per heavy atom. The standard InChI is InChI=1S/C8H6O4/c1-2-5-12-8(10)4-3-6-11-7-9/h1,7H,5-6H2. The van der Waals surface area contributed by atoms with Crippen LogP contribution in [0.1, 0.15) is 0 Å². The van der Waals surface area contributed by atoms with Gasteiger partial charge in [0.15, 0.2) is 13.2 Å². The maximum atomic E-state index is 10.5. The molecular weight excluding hydrogens is 160 g/mol. The van der Waals surface area contributed by atoms with Gasteiger partial charge in [0.1, 0.15) is 0 Å². The number of terminal acetylenes is 1. The van der Waals surface area contributed by atoms with E-state index in [-0.39, 0.29) is 19.7 Å². The van der Waals surface area contributed by atoms with E-state index in [1.165, 1.54) is 0 Å². The summed E-state index contributed by atoms with van der Waals surface area (Å²) in [5, 5.41) is 0. The fourth-order valence-corrected chi connectivity index (χ4v) is 0.327. The highest BCUT2D eigenvalue weighted by molar-refractivity contribution is 5.88. The number of carbonyl (C=O) groups excluding carboxylic acids is 2. The average molecular weight is 166 g/mol. The molecule has 0 aromatic carbocycles. The van der Waals surface area contributed by atoms with Crippen molar-refractivity contribution in [2.75, 3.05) is 13.2 Å². The van der Waals surface area contributed by atoms with Crippen LogP contribution in [0.3, 0.4) is 0 Å². The van der Waals surface area contributed by atoms with Crippen molar-refractivity contribution < 1.29 is 19.1 Å². The molecule has 0 saturated heterocycles. The molecule has 4 heteroatoms. The summed E-state index contributed by atoms with van der Waals surface area (Å²) < 4.78 is 8.56. The largest absolute Gasteiger partial charge is 0.455 e. The van der Waals surface area contributed by atoms with E-state index in [0.29, 0.717) is 0 Å². The molecule has 0 heterocycles. The highest BCUT2D eigenvalue weighted by Crippen LogP contribution is 1.73. The van der Waals surface area contributed by atoms with E-state index in [1.807, 2.05) is 0 Å². The number of carbonyl (C=O) groups is 2. The molecule has 12 heavy (non-hydrogen) atoms. The molecule has 62 valence electrons. The van der Waals surface area contributed by atoms with Crippen LogP contribution in [-0.4, -0.2) is 25.7 Å². The topological polar surface area (TPSA) is 52.6 Å². The van der Waals surface area contributed by atoms with E-state index in [4.69, 9.17) is 6.42 Å². The Hall–Kier alpha value is -1.94. The SMILES string of the molecule is C#CCOC(=O)C#CCOC=O. The lowest BCUT2D eigenvalue weighted by Gasteiger charge is -1.90. The van der Waals surface area contributed by atoms with E-state index >= 15 is 0 Å². The third kappa shape index (κ3) is 6.18. The van der Waals surface area contributed by atoms with Crippen molar-refractivity contribution in [2.24, 2.45) is 0 Å². The Morgan fingerprint density at radius 1 is 1.50 bits per heavy atom. The molecule has 0 radical (unpaired) electrons. The highest BCUT2D eigenvalue weighted by atomic mass is 16.5. The Morgan fingerprint density at radius 2 is 2.25 bits per heavy atom. The van der Waals surface area contributed by atoms with Crippen LogP contribution in [0, 0.1) is 24.2 Å². The van der Waals surface area contributed by atoms with Crippen LogP contribution < -0.4 is 0 Å². The predicted molar refractivity (Wildman–Crippen MR) is 39.6 cm³/mol. The molecular formula is C8H6O4. The van der Waals surface area contributed by atoms with Gasteiger partial charge in [-0.15, -0.1) is 6.42 Å². The summed E-state index contributed by atoms with van der Waals surface area (Å²) in [4.78, 5) is 20.1. The van der Waals surface area contributed by atoms with Gasteiger partial charge < -0.3 is 9.47 Å². The average Bonchev–Trinajstić information content (AvgIpc) is 2.09. The third-order valence-electron chi connectivity index (χ3n) is 0.701. The summed E-state index contributed by atoms with van der Waals surface area (Å²) in [5.74, 6) is 5.68. The van der Waals surface area contributed by atoms with E-state index in [1.54, 1.807) is 0 Å². The van der Waals surface area contributed by atoms with Crippen molar-refractivity contribution >= 4 is 12.4 Å². The molecule has 0 bridgehead atoms. The Labute approximate surface area is 69.8 Å². The number of hydrogen-bond donors (Lipinski definition) is 0. The lowest BCUT2D eigenvalue weighted by Crippen LogP contribution is -2.01. The van der Waals surface area contributed by atoms with Crippen molar-refractivity contribution in [3.63, 3.8) is 0 Å². The number of ether oxygens (including phenoxy) is 2. The van der Waals surface area contributed by atoms with E-state index < -0.39 is 5.97 Å². The first-order valence-corrected chi connectivity index (χ1v) is 2.95. The van der Waals surface area contributed by atoms with Crippen molar-refractivity contribution in [2.45, 2.75) is 0 Å². The molecule has 0 spiro atoms. The molecule has 0 rings (SSSR count). The van der Waals surface area contributed by atoms with Gasteiger partial charge >= 0.3 is 5.97 Å². The summed E-state index contributed by atoms with van der Waals surface area (Å²) in [6.07, 6.45) is 4.81. The molecule has 0 fully saturated rings. The monoisotopic (exact) mass is 166 g/mol. The molecule has 0 saturated carbocycles. The molecule has 0 aliphatic carbocycles. The first-order chi connectivity index (χ1) is 5.81. The minimum atomic E-state index is -0.734. The van der Waals surface area contributed by atoms with Gasteiger partial charge in [0.25, 0.3) is 6.47 Å². The maximum Gasteiger partial charge on any atom is 0.385 e. The van der Waals surface area contributed by atoms with Crippen LogP contribution in [0.5, 0.6) is 0 Å². The lowest BCUT2D eigenvalue weighted by molar-refractivity contribution is -0.135. The summed E-state index contributed by atoms with van der Waals surface area (Å²) in [5.41, 5.74) is 0. The smallest absolute Gasteiger partial charge is 0.385 e. The number of esters is 1. The fourth-order valence-electron chi connectivity index (χ4n) is 0.327. The minimum Gasteiger partial charge on any atom is -0.455 e. The number of hydrogen-bond acceptors (Lipinski definition) is 4. The summed E-state index contributed by atoms with van der Waals surface area (Å²) in [6, 6.07) is 0. The summed E-state index contributed by atoms with van der Waals surface area (Å²) in [7, 11) is 0.